The lowest BCUT2D eigenvalue weighted by molar-refractivity contribution is 0.732. The fraction of sp³-hybridized carbons (Fsp3) is 0.462. The lowest BCUT2D eigenvalue weighted by Gasteiger charge is -2.14. The minimum Gasteiger partial charge on any atom is -0.378 e. The minimum atomic E-state index is 0.408. The first-order valence-electron chi connectivity index (χ1n) is 5.91. The molecule has 0 bridgehead atoms. The Labute approximate surface area is 102 Å². The van der Waals surface area contributed by atoms with Crippen LogP contribution < -0.4 is 10.6 Å². The maximum Gasteiger partial charge on any atom is 0.0925 e. The molecule has 0 spiro atoms. The maximum atomic E-state index is 5.36. The number of nitrogens with one attached hydrogen (secondary N) is 2. The largest absolute Gasteiger partial charge is 0.378 e. The monoisotopic (exact) mass is 234 g/mol. The van der Waals surface area contributed by atoms with Crippen LogP contribution in [0.3, 0.4) is 0 Å². The average molecular weight is 234 g/mol. The van der Waals surface area contributed by atoms with Crippen molar-refractivity contribution < 1.29 is 0 Å². The Kier molecular flexibility index (Phi) is 4.31. The highest BCUT2D eigenvalue weighted by Gasteiger charge is 2.17. The van der Waals surface area contributed by atoms with Crippen LogP contribution in [0.4, 0.5) is 0 Å². The molecule has 2 rings (SSSR count). The average Bonchev–Trinajstić information content (AvgIpc) is 2.84. The lowest BCUT2D eigenvalue weighted by Crippen LogP contribution is -2.39. The van der Waals surface area contributed by atoms with E-state index >= 15 is 0 Å². The van der Waals surface area contributed by atoms with E-state index in [4.69, 9.17) is 12.2 Å². The Hall–Kier alpha value is -0.930. The molecule has 0 amide bonds. The zero-order valence-corrected chi connectivity index (χ0v) is 10.2. The van der Waals surface area contributed by atoms with Gasteiger partial charge in [-0.1, -0.05) is 42.5 Å². The first-order chi connectivity index (χ1) is 7.86. The first-order valence-corrected chi connectivity index (χ1v) is 6.32. The van der Waals surface area contributed by atoms with Crippen LogP contribution in [0.5, 0.6) is 0 Å². The van der Waals surface area contributed by atoms with E-state index < -0.39 is 0 Å². The van der Waals surface area contributed by atoms with Crippen molar-refractivity contribution in [2.75, 3.05) is 13.1 Å². The van der Waals surface area contributed by atoms with Crippen LogP contribution in [0.1, 0.15) is 18.4 Å². The maximum absolute atomic E-state index is 5.36. The predicted molar refractivity (Wildman–Crippen MR) is 71.8 cm³/mol. The van der Waals surface area contributed by atoms with Crippen LogP contribution in [0.15, 0.2) is 30.3 Å². The van der Waals surface area contributed by atoms with Gasteiger partial charge in [0.1, 0.15) is 0 Å². The lowest BCUT2D eigenvalue weighted by atomic mass is 10.1. The van der Waals surface area contributed by atoms with E-state index in [1.807, 2.05) is 6.07 Å². The van der Waals surface area contributed by atoms with Crippen LogP contribution in [-0.4, -0.2) is 24.1 Å². The van der Waals surface area contributed by atoms with Gasteiger partial charge < -0.3 is 10.6 Å². The second-order valence-corrected chi connectivity index (χ2v) is 4.62. The van der Waals surface area contributed by atoms with Gasteiger partial charge in [0.2, 0.25) is 0 Å². The standard InChI is InChI=1S/C13H18N2S/c16-13(12-7-4-9-14-12)15-10-8-11-5-2-1-3-6-11/h1-3,5-6,12,14H,4,7-10H2,(H,15,16)/t12-/m0/s1. The third kappa shape index (κ3) is 3.29. The Morgan fingerprint density at radius 1 is 1.38 bits per heavy atom. The molecule has 1 aromatic carbocycles. The Balaban J connectivity index is 1.70. The summed E-state index contributed by atoms with van der Waals surface area (Å²) in [5.41, 5.74) is 1.36. The quantitative estimate of drug-likeness (QED) is 0.778. The van der Waals surface area contributed by atoms with Crippen molar-refractivity contribution >= 4 is 17.2 Å². The molecule has 2 N–H and O–H groups in total. The van der Waals surface area contributed by atoms with Crippen molar-refractivity contribution in [2.45, 2.75) is 25.3 Å². The van der Waals surface area contributed by atoms with Gasteiger partial charge in [0, 0.05) is 6.54 Å². The van der Waals surface area contributed by atoms with Gasteiger partial charge in [0.05, 0.1) is 11.0 Å². The van der Waals surface area contributed by atoms with Gasteiger partial charge in [-0.05, 0) is 31.4 Å². The molecule has 1 heterocycles. The minimum absolute atomic E-state index is 0.408. The van der Waals surface area contributed by atoms with Crippen molar-refractivity contribution in [1.29, 1.82) is 0 Å². The molecule has 0 aliphatic carbocycles. The third-order valence-electron chi connectivity index (χ3n) is 2.93. The van der Waals surface area contributed by atoms with Crippen molar-refractivity contribution in [3.8, 4) is 0 Å². The van der Waals surface area contributed by atoms with E-state index in [0.717, 1.165) is 24.5 Å². The van der Waals surface area contributed by atoms with E-state index in [0.29, 0.717) is 6.04 Å². The molecule has 0 radical (unpaired) electrons. The van der Waals surface area contributed by atoms with Gasteiger partial charge >= 0.3 is 0 Å². The highest BCUT2D eigenvalue weighted by molar-refractivity contribution is 7.80. The molecular formula is C13H18N2S. The molecule has 1 saturated heterocycles. The second-order valence-electron chi connectivity index (χ2n) is 4.18. The summed E-state index contributed by atoms with van der Waals surface area (Å²) < 4.78 is 0. The van der Waals surface area contributed by atoms with Crippen LogP contribution in [0.25, 0.3) is 0 Å². The molecule has 1 aromatic rings. The summed E-state index contributed by atoms with van der Waals surface area (Å²) in [5, 5.41) is 6.74. The third-order valence-corrected chi connectivity index (χ3v) is 3.36. The smallest absolute Gasteiger partial charge is 0.0925 e. The fourth-order valence-corrected chi connectivity index (χ4v) is 2.31. The summed E-state index contributed by atoms with van der Waals surface area (Å²) >= 11 is 5.36. The van der Waals surface area contributed by atoms with Crippen molar-refractivity contribution in [1.82, 2.24) is 10.6 Å². The fourth-order valence-electron chi connectivity index (χ4n) is 2.01. The molecule has 16 heavy (non-hydrogen) atoms. The Bertz CT molecular complexity index is 331. The Morgan fingerprint density at radius 2 is 2.19 bits per heavy atom. The van der Waals surface area contributed by atoms with Gasteiger partial charge in [-0.3, -0.25) is 0 Å². The molecule has 3 heteroatoms. The molecule has 1 aliphatic rings. The summed E-state index contributed by atoms with van der Waals surface area (Å²) in [6.07, 6.45) is 3.45. The number of hydrogen-bond acceptors (Lipinski definition) is 2. The van der Waals surface area contributed by atoms with E-state index in [2.05, 4.69) is 34.9 Å². The summed E-state index contributed by atoms with van der Waals surface area (Å²) in [5.74, 6) is 0. The van der Waals surface area contributed by atoms with E-state index in [-0.39, 0.29) is 0 Å². The molecule has 1 atom stereocenters. The molecule has 0 aromatic heterocycles. The zero-order valence-electron chi connectivity index (χ0n) is 9.41. The number of hydrogen-bond donors (Lipinski definition) is 2. The van der Waals surface area contributed by atoms with E-state index in [1.54, 1.807) is 0 Å². The SMILES string of the molecule is S=C(NCCc1ccccc1)[C@@H]1CCCN1. The zero-order chi connectivity index (χ0) is 11.2. The van der Waals surface area contributed by atoms with Crippen molar-refractivity contribution in [2.24, 2.45) is 0 Å². The number of rotatable bonds is 4. The highest BCUT2D eigenvalue weighted by Crippen LogP contribution is 2.06. The van der Waals surface area contributed by atoms with Crippen LogP contribution in [0, 0.1) is 0 Å². The van der Waals surface area contributed by atoms with Crippen molar-refractivity contribution in [3.63, 3.8) is 0 Å². The van der Waals surface area contributed by atoms with Gasteiger partial charge in [-0.15, -0.1) is 0 Å². The summed E-state index contributed by atoms with van der Waals surface area (Å²) in [6.45, 7) is 2.03. The molecular weight excluding hydrogens is 216 g/mol. The van der Waals surface area contributed by atoms with E-state index in [9.17, 15) is 0 Å². The summed E-state index contributed by atoms with van der Waals surface area (Å²) in [7, 11) is 0. The van der Waals surface area contributed by atoms with Gasteiger partial charge in [-0.25, -0.2) is 0 Å². The van der Waals surface area contributed by atoms with Crippen LogP contribution in [0.2, 0.25) is 0 Å². The molecule has 1 aliphatic heterocycles. The van der Waals surface area contributed by atoms with Crippen LogP contribution in [-0.2, 0) is 6.42 Å². The molecule has 1 fully saturated rings. The highest BCUT2D eigenvalue weighted by atomic mass is 32.1. The first kappa shape index (κ1) is 11.6. The topological polar surface area (TPSA) is 24.1 Å². The Morgan fingerprint density at radius 3 is 2.88 bits per heavy atom. The van der Waals surface area contributed by atoms with Gasteiger partial charge in [0.25, 0.3) is 0 Å². The van der Waals surface area contributed by atoms with E-state index in [1.165, 1.54) is 18.4 Å². The second kappa shape index (κ2) is 5.97. The molecule has 0 saturated carbocycles. The predicted octanol–water partition coefficient (Wildman–Crippen LogP) is 1.90. The number of benzene rings is 1. The molecule has 2 nitrogen and oxygen atoms in total. The summed E-state index contributed by atoms with van der Waals surface area (Å²) in [6, 6.07) is 10.9. The summed E-state index contributed by atoms with van der Waals surface area (Å²) in [4.78, 5) is 0.980. The molecule has 86 valence electrons. The van der Waals surface area contributed by atoms with Gasteiger partial charge in [-0.2, -0.15) is 0 Å². The molecule has 0 unspecified atom stereocenters. The normalized spacial score (nSPS) is 19.6. The van der Waals surface area contributed by atoms with Gasteiger partial charge in [0.15, 0.2) is 0 Å². The van der Waals surface area contributed by atoms with Crippen LogP contribution >= 0.6 is 12.2 Å². The number of thiocarbonyl (C=S) groups is 1. The van der Waals surface area contributed by atoms with Crippen molar-refractivity contribution in [3.05, 3.63) is 35.9 Å².